The molecule has 6 heteroatoms. The topological polar surface area (TPSA) is 107 Å². The zero-order chi connectivity index (χ0) is 20.2. The number of carbonyl (C=O) groups is 1. The average Bonchev–Trinajstić information content (AvgIpc) is 3.18. The number of nitrogens with two attached hydrogens (primary N) is 1. The van der Waals surface area contributed by atoms with Crippen LogP contribution in [0.2, 0.25) is 0 Å². The quantitative estimate of drug-likeness (QED) is 0.330. The van der Waals surface area contributed by atoms with Crippen LogP contribution in [0.25, 0.3) is 10.9 Å². The van der Waals surface area contributed by atoms with Gasteiger partial charge in [-0.15, -0.1) is 0 Å². The second-order valence-electron chi connectivity index (χ2n) is 7.65. The molecule has 0 saturated carbocycles. The SMILES string of the molecule is N=C(N)c1c[nH]c2ccc(CCNC(=O)c3ccc(C4CCNCC4)cc3)cc12. The van der Waals surface area contributed by atoms with Gasteiger partial charge in [0.15, 0.2) is 0 Å². The Kier molecular flexibility index (Phi) is 5.62. The van der Waals surface area contributed by atoms with E-state index in [0.29, 0.717) is 23.6 Å². The number of aromatic nitrogens is 1. The van der Waals surface area contributed by atoms with Crippen molar-refractivity contribution < 1.29 is 4.79 Å². The molecule has 29 heavy (non-hydrogen) atoms. The number of hydrogen-bond donors (Lipinski definition) is 5. The van der Waals surface area contributed by atoms with Gasteiger partial charge in [-0.05, 0) is 73.7 Å². The highest BCUT2D eigenvalue weighted by atomic mass is 16.1. The van der Waals surface area contributed by atoms with Gasteiger partial charge >= 0.3 is 0 Å². The lowest BCUT2D eigenvalue weighted by atomic mass is 9.90. The van der Waals surface area contributed by atoms with Gasteiger partial charge in [0.05, 0.1) is 0 Å². The molecule has 6 nitrogen and oxygen atoms in total. The van der Waals surface area contributed by atoms with Gasteiger partial charge in [0.1, 0.15) is 5.84 Å². The summed E-state index contributed by atoms with van der Waals surface area (Å²) in [7, 11) is 0. The Morgan fingerprint density at radius 3 is 2.62 bits per heavy atom. The fraction of sp³-hybridized carbons (Fsp3) is 0.304. The van der Waals surface area contributed by atoms with Gasteiger partial charge in [-0.2, -0.15) is 0 Å². The average molecular weight is 390 g/mol. The van der Waals surface area contributed by atoms with Crippen molar-refractivity contribution in [3.05, 3.63) is 70.9 Å². The molecule has 4 rings (SSSR count). The van der Waals surface area contributed by atoms with Crippen LogP contribution in [-0.4, -0.2) is 36.4 Å². The summed E-state index contributed by atoms with van der Waals surface area (Å²) < 4.78 is 0. The molecule has 0 aliphatic carbocycles. The molecule has 2 aromatic carbocycles. The first-order valence-corrected chi connectivity index (χ1v) is 10.1. The Morgan fingerprint density at radius 2 is 1.90 bits per heavy atom. The lowest BCUT2D eigenvalue weighted by Gasteiger charge is -2.23. The number of aromatic amines is 1. The molecule has 1 aromatic heterocycles. The third kappa shape index (κ3) is 4.32. The second kappa shape index (κ2) is 8.49. The predicted molar refractivity (Wildman–Crippen MR) is 117 cm³/mol. The molecule has 0 radical (unpaired) electrons. The normalized spacial score (nSPS) is 14.8. The van der Waals surface area contributed by atoms with Crippen LogP contribution in [0.1, 0.15) is 45.8 Å². The first-order valence-electron chi connectivity index (χ1n) is 10.1. The fourth-order valence-electron chi connectivity index (χ4n) is 4.03. The number of benzene rings is 2. The third-order valence-corrected chi connectivity index (χ3v) is 5.72. The Balaban J connectivity index is 1.34. The first kappa shape index (κ1) is 19.2. The monoisotopic (exact) mass is 389 g/mol. The van der Waals surface area contributed by atoms with Crippen LogP contribution in [0.5, 0.6) is 0 Å². The van der Waals surface area contributed by atoms with Gasteiger partial charge in [-0.25, -0.2) is 0 Å². The van der Waals surface area contributed by atoms with Crippen molar-refractivity contribution in [2.24, 2.45) is 5.73 Å². The number of piperidine rings is 1. The van der Waals surface area contributed by atoms with E-state index in [1.54, 1.807) is 6.20 Å². The maximum absolute atomic E-state index is 12.5. The molecule has 0 bridgehead atoms. The zero-order valence-corrected chi connectivity index (χ0v) is 16.4. The van der Waals surface area contributed by atoms with Crippen LogP contribution >= 0.6 is 0 Å². The highest BCUT2D eigenvalue weighted by Gasteiger charge is 2.15. The Hall–Kier alpha value is -3.12. The van der Waals surface area contributed by atoms with Gasteiger partial charge in [0, 0.05) is 34.8 Å². The third-order valence-electron chi connectivity index (χ3n) is 5.72. The minimum atomic E-state index is -0.0472. The fourth-order valence-corrected chi connectivity index (χ4v) is 4.03. The van der Waals surface area contributed by atoms with E-state index in [4.69, 9.17) is 11.1 Å². The minimum Gasteiger partial charge on any atom is -0.384 e. The van der Waals surface area contributed by atoms with Crippen molar-refractivity contribution in [2.45, 2.75) is 25.2 Å². The summed E-state index contributed by atoms with van der Waals surface area (Å²) >= 11 is 0. The molecule has 1 saturated heterocycles. The highest BCUT2D eigenvalue weighted by molar-refractivity contribution is 6.07. The predicted octanol–water partition coefficient (Wildman–Crippen LogP) is 2.89. The Labute approximate surface area is 170 Å². The molecule has 1 amide bonds. The standard InChI is InChI=1S/C23H27N5O/c24-22(25)20-14-28-21-6-1-15(13-19(20)21)7-12-27-23(29)18-4-2-16(3-5-18)17-8-10-26-11-9-17/h1-6,13-14,17,26,28H,7-12H2,(H3,24,25)(H,27,29). The number of carbonyl (C=O) groups excluding carboxylic acids is 1. The molecule has 0 unspecified atom stereocenters. The molecule has 1 aliphatic heterocycles. The van der Waals surface area contributed by atoms with Gasteiger partial charge in [0.2, 0.25) is 0 Å². The summed E-state index contributed by atoms with van der Waals surface area (Å²) in [5, 5.41) is 15.0. The van der Waals surface area contributed by atoms with E-state index >= 15 is 0 Å². The maximum atomic E-state index is 12.5. The van der Waals surface area contributed by atoms with E-state index in [2.05, 4.69) is 27.8 Å². The number of nitrogen functional groups attached to an aromatic ring is 1. The molecule has 1 aliphatic rings. The molecule has 1 fully saturated rings. The zero-order valence-electron chi connectivity index (χ0n) is 16.4. The van der Waals surface area contributed by atoms with Crippen LogP contribution in [0, 0.1) is 5.41 Å². The highest BCUT2D eigenvalue weighted by Crippen LogP contribution is 2.25. The molecular formula is C23H27N5O. The first-order chi connectivity index (χ1) is 14.1. The van der Waals surface area contributed by atoms with Crippen molar-refractivity contribution in [3.63, 3.8) is 0 Å². The molecule has 0 spiro atoms. The van der Waals surface area contributed by atoms with Crippen molar-refractivity contribution >= 4 is 22.6 Å². The summed E-state index contributed by atoms with van der Waals surface area (Å²) in [4.78, 5) is 15.6. The van der Waals surface area contributed by atoms with E-state index in [-0.39, 0.29) is 11.7 Å². The number of hydrogen-bond acceptors (Lipinski definition) is 3. The number of amides is 1. The van der Waals surface area contributed by atoms with Gasteiger partial charge < -0.3 is 21.4 Å². The molecular weight excluding hydrogens is 362 g/mol. The molecule has 3 aromatic rings. The van der Waals surface area contributed by atoms with Gasteiger partial charge in [-0.1, -0.05) is 18.2 Å². The number of H-pyrrole nitrogens is 1. The lowest BCUT2D eigenvalue weighted by Crippen LogP contribution is -2.27. The number of fused-ring (bicyclic) bond motifs is 1. The van der Waals surface area contributed by atoms with E-state index in [9.17, 15) is 4.79 Å². The molecule has 0 atom stereocenters. The summed E-state index contributed by atoms with van der Waals surface area (Å²) in [6, 6.07) is 14.1. The summed E-state index contributed by atoms with van der Waals surface area (Å²) in [5.41, 5.74) is 10.4. The van der Waals surface area contributed by atoms with Crippen LogP contribution < -0.4 is 16.4 Å². The van der Waals surface area contributed by atoms with Crippen molar-refractivity contribution in [3.8, 4) is 0 Å². The summed E-state index contributed by atoms with van der Waals surface area (Å²) in [6.45, 7) is 2.69. The van der Waals surface area contributed by atoms with Crippen LogP contribution in [0.15, 0.2) is 48.7 Å². The van der Waals surface area contributed by atoms with Crippen LogP contribution in [0.3, 0.4) is 0 Å². The van der Waals surface area contributed by atoms with Crippen molar-refractivity contribution in [1.29, 1.82) is 5.41 Å². The van der Waals surface area contributed by atoms with E-state index in [1.807, 2.05) is 30.3 Å². The largest absolute Gasteiger partial charge is 0.384 e. The Morgan fingerprint density at radius 1 is 1.14 bits per heavy atom. The van der Waals surface area contributed by atoms with E-state index in [0.717, 1.165) is 48.8 Å². The van der Waals surface area contributed by atoms with Gasteiger partial charge in [-0.3, -0.25) is 10.2 Å². The molecule has 2 heterocycles. The van der Waals surface area contributed by atoms with Crippen molar-refractivity contribution in [2.75, 3.05) is 19.6 Å². The van der Waals surface area contributed by atoms with Gasteiger partial charge in [0.25, 0.3) is 5.91 Å². The van der Waals surface area contributed by atoms with Crippen LogP contribution in [0.4, 0.5) is 0 Å². The second-order valence-corrected chi connectivity index (χ2v) is 7.65. The molecule has 150 valence electrons. The maximum Gasteiger partial charge on any atom is 0.251 e. The smallest absolute Gasteiger partial charge is 0.251 e. The minimum absolute atomic E-state index is 0.0472. The van der Waals surface area contributed by atoms with E-state index < -0.39 is 0 Å². The lowest BCUT2D eigenvalue weighted by molar-refractivity contribution is 0.0954. The summed E-state index contributed by atoms with van der Waals surface area (Å²) in [5.74, 6) is 0.597. The van der Waals surface area contributed by atoms with E-state index in [1.165, 1.54) is 5.56 Å². The number of nitrogens with one attached hydrogen (secondary N) is 4. The Bertz CT molecular complexity index is 1020. The molecule has 6 N–H and O–H groups in total. The number of amidine groups is 1. The summed E-state index contributed by atoms with van der Waals surface area (Å²) in [6.07, 6.45) is 4.79. The van der Waals surface area contributed by atoms with Crippen LogP contribution in [-0.2, 0) is 6.42 Å². The van der Waals surface area contributed by atoms with Crippen molar-refractivity contribution in [1.82, 2.24) is 15.6 Å². The number of rotatable bonds is 6.